The van der Waals surface area contributed by atoms with Crippen molar-refractivity contribution >= 4 is 35.0 Å². The van der Waals surface area contributed by atoms with Crippen molar-refractivity contribution in [3.8, 4) is 11.5 Å². The van der Waals surface area contributed by atoms with Crippen LogP contribution in [0.3, 0.4) is 0 Å². The van der Waals surface area contributed by atoms with Crippen LogP contribution in [0, 0.1) is 0 Å². The molecule has 2 aromatic carbocycles. The Morgan fingerprint density at radius 1 is 1.12 bits per heavy atom. The molecule has 34 heavy (non-hydrogen) atoms. The van der Waals surface area contributed by atoms with E-state index in [1.54, 1.807) is 43.3 Å². The first kappa shape index (κ1) is 24.6. The maximum atomic E-state index is 13.1. The number of nitrogens with zero attached hydrogens (tertiary/aromatic N) is 2. The van der Waals surface area contributed by atoms with Crippen molar-refractivity contribution in [2.45, 2.75) is 19.4 Å². The minimum Gasteiger partial charge on any atom is -0.493 e. The van der Waals surface area contributed by atoms with Gasteiger partial charge in [0, 0.05) is 25.1 Å². The standard InChI is InChI=1S/C24H28N4O6/c1-15-11-21(29)26-17-7-5-6-8-18(17)28(15)23(31)14-27(2)22(30)13-25-24(32)16-9-10-19(33-3)20(12-16)34-4/h5-10,12,15H,11,13-14H2,1-4H3,(H,25,32)(H,26,29)/t15-/m0/s1. The third-order valence-corrected chi connectivity index (χ3v) is 5.47. The Labute approximate surface area is 197 Å². The van der Waals surface area contributed by atoms with E-state index >= 15 is 0 Å². The van der Waals surface area contributed by atoms with Gasteiger partial charge in [-0.2, -0.15) is 0 Å². The molecule has 10 heteroatoms. The minimum absolute atomic E-state index is 0.138. The van der Waals surface area contributed by atoms with E-state index in [2.05, 4.69) is 10.6 Å². The summed E-state index contributed by atoms with van der Waals surface area (Å²) in [5.74, 6) is -0.546. The van der Waals surface area contributed by atoms with Gasteiger partial charge in [0.05, 0.1) is 38.7 Å². The molecule has 0 radical (unpaired) electrons. The predicted octanol–water partition coefficient (Wildman–Crippen LogP) is 1.66. The summed E-state index contributed by atoms with van der Waals surface area (Å²) < 4.78 is 10.3. The van der Waals surface area contributed by atoms with Crippen LogP contribution in [0.1, 0.15) is 23.7 Å². The highest BCUT2D eigenvalue weighted by Gasteiger charge is 2.30. The quantitative estimate of drug-likeness (QED) is 0.638. The Hall–Kier alpha value is -4.08. The highest BCUT2D eigenvalue weighted by Crippen LogP contribution is 2.31. The van der Waals surface area contributed by atoms with E-state index in [1.807, 2.05) is 0 Å². The number of carbonyl (C=O) groups excluding carboxylic acids is 4. The fraction of sp³-hybridized carbons (Fsp3) is 0.333. The molecule has 0 spiro atoms. The smallest absolute Gasteiger partial charge is 0.251 e. The van der Waals surface area contributed by atoms with E-state index in [0.717, 1.165) is 0 Å². The summed E-state index contributed by atoms with van der Waals surface area (Å²) in [5.41, 5.74) is 1.42. The molecule has 10 nitrogen and oxygen atoms in total. The minimum atomic E-state index is -0.464. The lowest BCUT2D eigenvalue weighted by Crippen LogP contribution is -2.47. The second-order valence-electron chi connectivity index (χ2n) is 7.88. The molecule has 1 aliphatic rings. The van der Waals surface area contributed by atoms with Crippen LogP contribution in [0.4, 0.5) is 11.4 Å². The highest BCUT2D eigenvalue weighted by molar-refractivity contribution is 6.05. The van der Waals surface area contributed by atoms with Gasteiger partial charge in [-0.25, -0.2) is 0 Å². The van der Waals surface area contributed by atoms with Crippen molar-refractivity contribution < 1.29 is 28.7 Å². The number of anilines is 2. The van der Waals surface area contributed by atoms with Gasteiger partial charge in [-0.3, -0.25) is 19.2 Å². The maximum absolute atomic E-state index is 13.1. The van der Waals surface area contributed by atoms with E-state index in [4.69, 9.17) is 9.47 Å². The molecule has 0 unspecified atom stereocenters. The zero-order valence-corrected chi connectivity index (χ0v) is 19.6. The molecule has 0 fully saturated rings. The lowest BCUT2D eigenvalue weighted by Gasteiger charge is -2.29. The van der Waals surface area contributed by atoms with Crippen molar-refractivity contribution in [1.82, 2.24) is 10.2 Å². The lowest BCUT2D eigenvalue weighted by atomic mass is 10.1. The molecule has 0 aromatic heterocycles. The molecule has 1 atom stereocenters. The summed E-state index contributed by atoms with van der Waals surface area (Å²) in [5, 5.41) is 5.36. The number of carbonyl (C=O) groups is 4. The van der Waals surface area contributed by atoms with Gasteiger partial charge < -0.3 is 29.9 Å². The number of nitrogens with one attached hydrogen (secondary N) is 2. The van der Waals surface area contributed by atoms with Gasteiger partial charge in [-0.15, -0.1) is 0 Å². The van der Waals surface area contributed by atoms with Crippen LogP contribution < -0.4 is 25.0 Å². The van der Waals surface area contributed by atoms with Gasteiger partial charge in [-0.05, 0) is 37.3 Å². The zero-order valence-electron chi connectivity index (χ0n) is 19.6. The number of hydrogen-bond donors (Lipinski definition) is 2. The summed E-state index contributed by atoms with van der Waals surface area (Å²) in [7, 11) is 4.44. The number of rotatable bonds is 7. The lowest BCUT2D eigenvalue weighted by molar-refractivity contribution is -0.133. The first-order valence-corrected chi connectivity index (χ1v) is 10.7. The molecule has 1 aliphatic heterocycles. The third-order valence-electron chi connectivity index (χ3n) is 5.47. The van der Waals surface area contributed by atoms with E-state index in [1.165, 1.54) is 37.1 Å². The van der Waals surface area contributed by atoms with E-state index in [-0.39, 0.29) is 37.4 Å². The number of likely N-dealkylation sites (N-methyl/N-ethyl adjacent to an activating group) is 1. The molecular formula is C24H28N4O6. The monoisotopic (exact) mass is 468 g/mol. The van der Waals surface area contributed by atoms with Gasteiger partial charge in [0.25, 0.3) is 5.91 Å². The van der Waals surface area contributed by atoms with Gasteiger partial charge in [0.1, 0.15) is 0 Å². The number of fused-ring (bicyclic) bond motifs is 1. The average molecular weight is 469 g/mol. The van der Waals surface area contributed by atoms with Gasteiger partial charge in [0.2, 0.25) is 17.7 Å². The molecule has 4 amide bonds. The Morgan fingerprint density at radius 3 is 2.53 bits per heavy atom. The van der Waals surface area contributed by atoms with Crippen molar-refractivity contribution in [2.24, 2.45) is 0 Å². The molecule has 0 saturated heterocycles. The highest BCUT2D eigenvalue weighted by atomic mass is 16.5. The fourth-order valence-electron chi connectivity index (χ4n) is 3.71. The largest absolute Gasteiger partial charge is 0.493 e. The molecule has 0 saturated carbocycles. The molecule has 2 N–H and O–H groups in total. The van der Waals surface area contributed by atoms with Crippen LogP contribution >= 0.6 is 0 Å². The van der Waals surface area contributed by atoms with E-state index in [9.17, 15) is 19.2 Å². The summed E-state index contributed by atoms with van der Waals surface area (Å²) >= 11 is 0. The Balaban J connectivity index is 1.63. The first-order chi connectivity index (χ1) is 16.2. The average Bonchev–Trinajstić information content (AvgIpc) is 2.95. The van der Waals surface area contributed by atoms with Crippen LogP contribution in [-0.2, 0) is 14.4 Å². The van der Waals surface area contributed by atoms with Gasteiger partial charge in [-0.1, -0.05) is 12.1 Å². The van der Waals surface area contributed by atoms with Crippen molar-refractivity contribution in [3.05, 3.63) is 48.0 Å². The van der Waals surface area contributed by atoms with E-state index < -0.39 is 11.8 Å². The van der Waals surface area contributed by atoms with Crippen LogP contribution in [0.25, 0.3) is 0 Å². The van der Waals surface area contributed by atoms with Crippen LogP contribution in [0.2, 0.25) is 0 Å². The van der Waals surface area contributed by atoms with Gasteiger partial charge >= 0.3 is 0 Å². The molecule has 3 rings (SSSR count). The summed E-state index contributed by atoms with van der Waals surface area (Å²) in [6.07, 6.45) is 0.138. The van der Waals surface area contributed by atoms with Crippen molar-refractivity contribution in [1.29, 1.82) is 0 Å². The second kappa shape index (κ2) is 10.7. The fourth-order valence-corrected chi connectivity index (χ4v) is 3.71. The molecule has 2 aromatic rings. The zero-order chi connectivity index (χ0) is 24.8. The molecule has 1 heterocycles. The van der Waals surface area contributed by atoms with E-state index in [0.29, 0.717) is 28.4 Å². The summed E-state index contributed by atoms with van der Waals surface area (Å²) in [6, 6.07) is 11.3. The number of para-hydroxylation sites is 2. The first-order valence-electron chi connectivity index (χ1n) is 10.7. The number of methoxy groups -OCH3 is 2. The third kappa shape index (κ3) is 5.45. The SMILES string of the molecule is COc1ccc(C(=O)NCC(=O)N(C)CC(=O)N2c3ccccc3NC(=O)C[C@@H]2C)cc1OC. The Kier molecular flexibility index (Phi) is 7.72. The Bertz CT molecular complexity index is 1100. The van der Waals surface area contributed by atoms with Crippen LogP contribution in [0.5, 0.6) is 11.5 Å². The molecule has 0 aliphatic carbocycles. The maximum Gasteiger partial charge on any atom is 0.251 e. The summed E-state index contributed by atoms with van der Waals surface area (Å²) in [6.45, 7) is 1.28. The van der Waals surface area contributed by atoms with Crippen molar-refractivity contribution in [3.63, 3.8) is 0 Å². The molecule has 180 valence electrons. The predicted molar refractivity (Wildman–Crippen MR) is 126 cm³/mol. The number of ether oxygens (including phenoxy) is 2. The molecule has 0 bridgehead atoms. The topological polar surface area (TPSA) is 117 Å². The normalized spacial score (nSPS) is 14.9. The number of benzene rings is 2. The molecular weight excluding hydrogens is 440 g/mol. The number of hydrogen-bond acceptors (Lipinski definition) is 6. The second-order valence-corrected chi connectivity index (χ2v) is 7.88. The van der Waals surface area contributed by atoms with Crippen LogP contribution in [0.15, 0.2) is 42.5 Å². The summed E-state index contributed by atoms with van der Waals surface area (Å²) in [4.78, 5) is 53.1. The Morgan fingerprint density at radius 2 is 1.82 bits per heavy atom. The van der Waals surface area contributed by atoms with Crippen molar-refractivity contribution in [2.75, 3.05) is 44.6 Å². The van der Waals surface area contributed by atoms with Gasteiger partial charge in [0.15, 0.2) is 11.5 Å². The van der Waals surface area contributed by atoms with Crippen LogP contribution in [-0.4, -0.2) is 68.9 Å². The number of amides is 4.